The Morgan fingerprint density at radius 2 is 2.04 bits per heavy atom. The lowest BCUT2D eigenvalue weighted by atomic mass is 10.2. The third-order valence-corrected chi connectivity index (χ3v) is 3.25. The number of carboxylic acid groups (broad SMARTS) is 1. The van der Waals surface area contributed by atoms with E-state index in [4.69, 9.17) is 14.6 Å². The monoisotopic (exact) mass is 317 g/mol. The van der Waals surface area contributed by atoms with Crippen LogP contribution in [0.1, 0.15) is 16.8 Å². The number of ether oxygens (including phenoxy) is 2. The van der Waals surface area contributed by atoms with Crippen LogP contribution < -0.4 is 14.8 Å². The molecule has 0 spiro atoms. The van der Waals surface area contributed by atoms with Crippen LogP contribution in [-0.4, -0.2) is 40.0 Å². The molecule has 1 aliphatic heterocycles. The number of aryl methyl sites for hydroxylation is 1. The van der Waals surface area contributed by atoms with Gasteiger partial charge in [0.05, 0.1) is 24.7 Å². The van der Waals surface area contributed by atoms with Crippen LogP contribution >= 0.6 is 0 Å². The fourth-order valence-electron chi connectivity index (χ4n) is 2.14. The van der Waals surface area contributed by atoms with Gasteiger partial charge >= 0.3 is 5.97 Å². The van der Waals surface area contributed by atoms with Gasteiger partial charge in [0.15, 0.2) is 11.5 Å². The van der Waals surface area contributed by atoms with E-state index in [-0.39, 0.29) is 18.9 Å². The van der Waals surface area contributed by atoms with Gasteiger partial charge in [0.25, 0.3) is 5.91 Å². The van der Waals surface area contributed by atoms with Crippen molar-refractivity contribution in [2.75, 3.05) is 18.5 Å². The number of fused-ring (bicyclic) bond motifs is 1. The Labute approximate surface area is 131 Å². The molecule has 120 valence electrons. The number of nitrogens with one attached hydrogen (secondary N) is 1. The number of hydrogen-bond acceptors (Lipinski definition) is 5. The number of carboxylic acids is 1. The third-order valence-electron chi connectivity index (χ3n) is 3.25. The lowest BCUT2D eigenvalue weighted by molar-refractivity contribution is -0.137. The summed E-state index contributed by atoms with van der Waals surface area (Å²) in [7, 11) is 0. The minimum absolute atomic E-state index is 0.0507. The second kappa shape index (κ2) is 6.39. The minimum Gasteiger partial charge on any atom is -0.486 e. The summed E-state index contributed by atoms with van der Waals surface area (Å²) in [4.78, 5) is 22.7. The summed E-state index contributed by atoms with van der Waals surface area (Å²) in [5.74, 6) is -0.00650. The zero-order chi connectivity index (χ0) is 16.2. The van der Waals surface area contributed by atoms with Crippen molar-refractivity contribution in [2.24, 2.45) is 0 Å². The highest BCUT2D eigenvalue weighted by molar-refractivity contribution is 6.04. The Bertz CT molecular complexity index is 740. The van der Waals surface area contributed by atoms with Crippen LogP contribution in [0.2, 0.25) is 0 Å². The molecule has 0 saturated heterocycles. The zero-order valence-electron chi connectivity index (χ0n) is 12.2. The SMILES string of the molecule is O=C(O)CCn1cc(C(=O)Nc2ccc3c(c2)OCCO3)cn1. The second-order valence-corrected chi connectivity index (χ2v) is 4.95. The van der Waals surface area contributed by atoms with Crippen molar-refractivity contribution in [1.29, 1.82) is 0 Å². The molecule has 1 aliphatic rings. The van der Waals surface area contributed by atoms with Crippen molar-refractivity contribution in [3.05, 3.63) is 36.2 Å². The van der Waals surface area contributed by atoms with Gasteiger partial charge in [-0.2, -0.15) is 5.10 Å². The van der Waals surface area contributed by atoms with Gasteiger partial charge in [-0.3, -0.25) is 14.3 Å². The number of hydrogen-bond donors (Lipinski definition) is 2. The Hall–Kier alpha value is -3.03. The largest absolute Gasteiger partial charge is 0.486 e. The van der Waals surface area contributed by atoms with Gasteiger partial charge in [-0.1, -0.05) is 0 Å². The Kier molecular flexibility index (Phi) is 4.13. The van der Waals surface area contributed by atoms with Crippen LogP contribution in [0.4, 0.5) is 5.69 Å². The lowest BCUT2D eigenvalue weighted by Crippen LogP contribution is -2.16. The number of aliphatic carboxylic acids is 1. The number of anilines is 1. The lowest BCUT2D eigenvalue weighted by Gasteiger charge is -2.18. The molecule has 0 radical (unpaired) electrons. The number of carbonyl (C=O) groups excluding carboxylic acids is 1. The Morgan fingerprint density at radius 3 is 2.83 bits per heavy atom. The number of carbonyl (C=O) groups is 2. The predicted octanol–water partition coefficient (Wildman–Crippen LogP) is 1.38. The first-order valence-corrected chi connectivity index (χ1v) is 7.07. The van der Waals surface area contributed by atoms with Gasteiger partial charge < -0.3 is 19.9 Å². The van der Waals surface area contributed by atoms with Crippen molar-refractivity contribution in [3.63, 3.8) is 0 Å². The molecule has 0 aliphatic carbocycles. The minimum atomic E-state index is -0.914. The van der Waals surface area contributed by atoms with Crippen molar-refractivity contribution in [3.8, 4) is 11.5 Å². The molecule has 0 saturated carbocycles. The quantitative estimate of drug-likeness (QED) is 0.863. The van der Waals surface area contributed by atoms with E-state index in [1.165, 1.54) is 17.1 Å². The Morgan fingerprint density at radius 1 is 1.26 bits per heavy atom. The van der Waals surface area contributed by atoms with E-state index in [0.29, 0.717) is 36.0 Å². The first-order chi connectivity index (χ1) is 11.1. The maximum Gasteiger partial charge on any atom is 0.305 e. The van der Waals surface area contributed by atoms with Crippen molar-refractivity contribution >= 4 is 17.6 Å². The molecule has 0 bridgehead atoms. The van der Waals surface area contributed by atoms with E-state index in [2.05, 4.69) is 10.4 Å². The topological polar surface area (TPSA) is 103 Å². The molecule has 2 N–H and O–H groups in total. The average molecular weight is 317 g/mol. The summed E-state index contributed by atoms with van der Waals surface area (Å²) in [6.45, 7) is 1.20. The first-order valence-electron chi connectivity index (χ1n) is 7.07. The van der Waals surface area contributed by atoms with E-state index in [9.17, 15) is 9.59 Å². The molecule has 3 rings (SSSR count). The zero-order valence-corrected chi connectivity index (χ0v) is 12.2. The predicted molar refractivity (Wildman–Crippen MR) is 79.9 cm³/mol. The highest BCUT2D eigenvalue weighted by Gasteiger charge is 2.14. The molecule has 2 heterocycles. The van der Waals surface area contributed by atoms with E-state index in [1.807, 2.05) is 0 Å². The maximum absolute atomic E-state index is 12.2. The van der Waals surface area contributed by atoms with E-state index in [0.717, 1.165) is 0 Å². The van der Waals surface area contributed by atoms with Crippen LogP contribution in [0.3, 0.4) is 0 Å². The molecule has 8 heteroatoms. The third kappa shape index (κ3) is 3.60. The summed E-state index contributed by atoms with van der Waals surface area (Å²) >= 11 is 0. The van der Waals surface area contributed by atoms with Gasteiger partial charge in [0.1, 0.15) is 13.2 Å². The summed E-state index contributed by atoms with van der Waals surface area (Å²) in [5, 5.41) is 15.4. The average Bonchev–Trinajstić information content (AvgIpc) is 3.02. The number of aromatic nitrogens is 2. The van der Waals surface area contributed by atoms with Crippen LogP contribution in [0.25, 0.3) is 0 Å². The van der Waals surface area contributed by atoms with Gasteiger partial charge in [-0.15, -0.1) is 0 Å². The molecule has 8 nitrogen and oxygen atoms in total. The smallest absolute Gasteiger partial charge is 0.305 e. The van der Waals surface area contributed by atoms with Gasteiger partial charge in [0, 0.05) is 18.0 Å². The fraction of sp³-hybridized carbons (Fsp3) is 0.267. The molecule has 0 atom stereocenters. The standard InChI is InChI=1S/C15H15N3O5/c19-14(20)3-4-18-9-10(8-16-18)15(21)17-11-1-2-12-13(7-11)23-6-5-22-12/h1-2,7-9H,3-6H2,(H,17,21)(H,19,20). The van der Waals surface area contributed by atoms with Crippen LogP contribution in [0.5, 0.6) is 11.5 Å². The molecular formula is C15H15N3O5. The second-order valence-electron chi connectivity index (χ2n) is 4.95. The summed E-state index contributed by atoms with van der Waals surface area (Å²) in [6, 6.07) is 5.15. The fourth-order valence-corrected chi connectivity index (χ4v) is 2.14. The molecule has 1 amide bonds. The molecular weight excluding hydrogens is 302 g/mol. The van der Waals surface area contributed by atoms with Crippen LogP contribution in [-0.2, 0) is 11.3 Å². The summed E-state index contributed by atoms with van der Waals surface area (Å²) in [5.41, 5.74) is 0.933. The van der Waals surface area contributed by atoms with Crippen LogP contribution in [0, 0.1) is 0 Å². The number of amides is 1. The number of rotatable bonds is 5. The van der Waals surface area contributed by atoms with Gasteiger partial charge in [-0.25, -0.2) is 0 Å². The van der Waals surface area contributed by atoms with Crippen molar-refractivity contribution in [1.82, 2.24) is 9.78 Å². The molecule has 0 fully saturated rings. The number of nitrogens with zero attached hydrogens (tertiary/aromatic N) is 2. The molecule has 2 aromatic rings. The maximum atomic E-state index is 12.2. The van der Waals surface area contributed by atoms with Crippen LogP contribution in [0.15, 0.2) is 30.6 Å². The first kappa shape index (κ1) is 14.9. The molecule has 0 unspecified atom stereocenters. The van der Waals surface area contributed by atoms with Gasteiger partial charge in [0.2, 0.25) is 0 Å². The highest BCUT2D eigenvalue weighted by atomic mass is 16.6. The van der Waals surface area contributed by atoms with Gasteiger partial charge in [-0.05, 0) is 12.1 Å². The summed E-state index contributed by atoms with van der Waals surface area (Å²) in [6.07, 6.45) is 2.86. The van der Waals surface area contributed by atoms with E-state index < -0.39 is 5.97 Å². The number of benzene rings is 1. The van der Waals surface area contributed by atoms with E-state index >= 15 is 0 Å². The molecule has 1 aromatic carbocycles. The van der Waals surface area contributed by atoms with Crippen molar-refractivity contribution in [2.45, 2.75) is 13.0 Å². The highest BCUT2D eigenvalue weighted by Crippen LogP contribution is 2.32. The molecule has 23 heavy (non-hydrogen) atoms. The molecule has 1 aromatic heterocycles. The normalized spacial score (nSPS) is 12.7. The Balaban J connectivity index is 1.66. The summed E-state index contributed by atoms with van der Waals surface area (Å²) < 4.78 is 12.3. The van der Waals surface area contributed by atoms with E-state index in [1.54, 1.807) is 18.2 Å². The van der Waals surface area contributed by atoms with Crippen molar-refractivity contribution < 1.29 is 24.2 Å².